The number of nitro groups is 1. The Kier molecular flexibility index (Phi) is 6.07. The van der Waals surface area contributed by atoms with Gasteiger partial charge >= 0.3 is 5.69 Å². The molecule has 0 amide bonds. The Balaban J connectivity index is 1.77. The average molecular weight is 525 g/mol. The van der Waals surface area contributed by atoms with E-state index in [-0.39, 0.29) is 18.0 Å². The predicted molar refractivity (Wildman–Crippen MR) is 126 cm³/mol. The zero-order valence-electron chi connectivity index (χ0n) is 18.6. The van der Waals surface area contributed by atoms with Crippen LogP contribution in [-0.4, -0.2) is 29.0 Å². The van der Waals surface area contributed by atoms with Crippen molar-refractivity contribution >= 4 is 33.2 Å². The molecule has 1 fully saturated rings. The van der Waals surface area contributed by atoms with E-state index in [9.17, 15) is 10.1 Å². The molecule has 0 unspecified atom stereocenters. The number of aryl methyl sites for hydroxylation is 1. The maximum Gasteiger partial charge on any atom is 0.312 e. The summed E-state index contributed by atoms with van der Waals surface area (Å²) in [7, 11) is 0. The van der Waals surface area contributed by atoms with E-state index in [1.807, 2.05) is 45.9 Å². The number of fused-ring (bicyclic) bond motifs is 1. The first-order valence-electron chi connectivity index (χ1n) is 10.7. The van der Waals surface area contributed by atoms with Gasteiger partial charge in [0.15, 0.2) is 12.0 Å². The first kappa shape index (κ1) is 23.5. The molecule has 2 aromatic carbocycles. The summed E-state index contributed by atoms with van der Waals surface area (Å²) in [5.41, 5.74) is 0.440. The molecule has 1 atom stereocenters. The molecule has 1 aliphatic heterocycles. The van der Waals surface area contributed by atoms with Crippen LogP contribution in [0.2, 0.25) is 5.02 Å². The number of rotatable bonds is 5. The number of halogens is 2. The molecule has 32 heavy (non-hydrogen) atoms. The summed E-state index contributed by atoms with van der Waals surface area (Å²) in [5.74, 6) is 0.218. The van der Waals surface area contributed by atoms with Gasteiger partial charge in [-0.25, -0.2) is 0 Å². The third kappa shape index (κ3) is 4.04. The molecule has 1 aliphatic carbocycles. The van der Waals surface area contributed by atoms with E-state index in [1.165, 1.54) is 6.07 Å². The fourth-order valence-corrected chi connectivity index (χ4v) is 5.02. The van der Waals surface area contributed by atoms with Crippen molar-refractivity contribution in [3.05, 3.63) is 67.1 Å². The van der Waals surface area contributed by atoms with Gasteiger partial charge in [0, 0.05) is 15.6 Å². The topological polar surface area (TPSA) is 70.8 Å². The fourth-order valence-electron chi connectivity index (χ4n) is 4.48. The second-order valence-corrected chi connectivity index (χ2v) is 10.9. The van der Waals surface area contributed by atoms with Crippen LogP contribution in [0.1, 0.15) is 51.7 Å². The highest BCUT2D eigenvalue weighted by molar-refractivity contribution is 9.10. The van der Waals surface area contributed by atoms with Crippen LogP contribution < -0.4 is 4.74 Å². The van der Waals surface area contributed by atoms with Crippen molar-refractivity contribution < 1.29 is 19.1 Å². The minimum atomic E-state index is -0.635. The largest absolute Gasteiger partial charge is 0.486 e. The first-order valence-corrected chi connectivity index (χ1v) is 11.8. The quantitative estimate of drug-likeness (QED) is 0.326. The van der Waals surface area contributed by atoms with Gasteiger partial charge in [-0.1, -0.05) is 33.6 Å². The van der Waals surface area contributed by atoms with Crippen LogP contribution in [0.15, 0.2) is 40.9 Å². The third-order valence-electron chi connectivity index (χ3n) is 6.98. The molecule has 172 valence electrons. The number of ether oxygens (including phenoxy) is 3. The van der Waals surface area contributed by atoms with E-state index in [1.54, 1.807) is 12.1 Å². The lowest BCUT2D eigenvalue weighted by Crippen LogP contribution is -2.48. The molecular weight excluding hydrogens is 498 g/mol. The third-order valence-corrected chi connectivity index (χ3v) is 7.71. The van der Waals surface area contributed by atoms with Crippen molar-refractivity contribution in [1.82, 2.24) is 0 Å². The van der Waals surface area contributed by atoms with Gasteiger partial charge in [-0.3, -0.25) is 10.1 Å². The molecule has 2 aliphatic rings. The van der Waals surface area contributed by atoms with Gasteiger partial charge < -0.3 is 14.2 Å². The Hall–Kier alpha value is -1.67. The van der Waals surface area contributed by atoms with E-state index >= 15 is 0 Å². The van der Waals surface area contributed by atoms with Crippen LogP contribution in [-0.2, 0) is 21.3 Å². The minimum Gasteiger partial charge on any atom is -0.486 e. The molecule has 0 aromatic heterocycles. The molecule has 6 nitrogen and oxygen atoms in total. The van der Waals surface area contributed by atoms with E-state index in [2.05, 4.69) is 15.9 Å². The summed E-state index contributed by atoms with van der Waals surface area (Å²) >= 11 is 9.59. The van der Waals surface area contributed by atoms with Gasteiger partial charge in [0.25, 0.3) is 0 Å². The summed E-state index contributed by atoms with van der Waals surface area (Å²) in [6.45, 7) is 8.26. The standard InChI is InChI=1S/C24H27BrClNO5/c1-22(2)23(3,4)32-21(31-22)24(11-5-6-15-12-17(26)8-9-18(15)24)14-30-20-10-7-16(25)13-19(20)27(28)29/h7-10,12-13,21H,5-6,11,14H2,1-4H3/t24-/m0/s1. The van der Waals surface area contributed by atoms with Crippen LogP contribution in [0, 0.1) is 10.1 Å². The van der Waals surface area contributed by atoms with Gasteiger partial charge in [0.1, 0.15) is 6.61 Å². The Morgan fingerprint density at radius 3 is 2.50 bits per heavy atom. The van der Waals surface area contributed by atoms with Crippen LogP contribution in [0.5, 0.6) is 5.75 Å². The SMILES string of the molecule is CC1(C)OC([C@]2(COc3ccc(Br)cc3[N+](=O)[O-])CCCc3cc(Cl)ccc32)OC1(C)C. The molecule has 8 heteroatoms. The monoisotopic (exact) mass is 523 g/mol. The second-order valence-electron chi connectivity index (χ2n) is 9.56. The summed E-state index contributed by atoms with van der Waals surface area (Å²) in [6.07, 6.45) is 2.00. The van der Waals surface area contributed by atoms with Crippen molar-refractivity contribution in [2.24, 2.45) is 0 Å². The van der Waals surface area contributed by atoms with E-state index in [4.69, 9.17) is 25.8 Å². The number of nitrogens with zero attached hydrogens (tertiary/aromatic N) is 1. The zero-order chi connectivity index (χ0) is 23.3. The van der Waals surface area contributed by atoms with Crippen LogP contribution in [0.3, 0.4) is 0 Å². The Labute approximate surface area is 201 Å². The lowest BCUT2D eigenvalue weighted by molar-refractivity contribution is -0.386. The van der Waals surface area contributed by atoms with Crippen molar-refractivity contribution in [1.29, 1.82) is 0 Å². The number of benzene rings is 2. The molecule has 0 radical (unpaired) electrons. The van der Waals surface area contributed by atoms with Crippen LogP contribution in [0.25, 0.3) is 0 Å². The van der Waals surface area contributed by atoms with Gasteiger partial charge in [0.2, 0.25) is 0 Å². The minimum absolute atomic E-state index is 0.0874. The Morgan fingerprint density at radius 2 is 1.84 bits per heavy atom. The predicted octanol–water partition coefficient (Wildman–Crippen LogP) is 6.59. The fraction of sp³-hybridized carbons (Fsp3) is 0.500. The van der Waals surface area contributed by atoms with Gasteiger partial charge in [0.05, 0.1) is 21.5 Å². The smallest absolute Gasteiger partial charge is 0.312 e. The lowest BCUT2D eigenvalue weighted by atomic mass is 9.69. The normalized spacial score (nSPS) is 24.2. The number of nitro benzene ring substituents is 1. The Morgan fingerprint density at radius 1 is 1.16 bits per heavy atom. The van der Waals surface area contributed by atoms with Gasteiger partial charge in [-0.05, 0) is 82.3 Å². The summed E-state index contributed by atoms with van der Waals surface area (Å²) in [5, 5.41) is 12.3. The highest BCUT2D eigenvalue weighted by Crippen LogP contribution is 2.50. The summed E-state index contributed by atoms with van der Waals surface area (Å²) in [6, 6.07) is 10.7. The average Bonchev–Trinajstić information content (AvgIpc) is 2.94. The number of hydrogen-bond acceptors (Lipinski definition) is 5. The zero-order valence-corrected chi connectivity index (χ0v) is 21.0. The van der Waals surface area contributed by atoms with Crippen molar-refractivity contribution in [2.45, 2.75) is 69.9 Å². The van der Waals surface area contributed by atoms with Crippen LogP contribution >= 0.6 is 27.5 Å². The highest BCUT2D eigenvalue weighted by Gasteiger charge is 2.58. The Bertz CT molecular complexity index is 1040. The van der Waals surface area contributed by atoms with E-state index in [0.29, 0.717) is 9.50 Å². The first-order chi connectivity index (χ1) is 14.9. The molecule has 0 spiro atoms. The molecule has 0 N–H and O–H groups in total. The van der Waals surface area contributed by atoms with E-state index in [0.717, 1.165) is 30.4 Å². The highest BCUT2D eigenvalue weighted by atomic mass is 79.9. The number of hydrogen-bond donors (Lipinski definition) is 0. The molecule has 1 heterocycles. The molecular formula is C24H27BrClNO5. The summed E-state index contributed by atoms with van der Waals surface area (Å²) in [4.78, 5) is 11.2. The molecule has 4 rings (SSSR count). The van der Waals surface area contributed by atoms with Crippen molar-refractivity contribution in [3.63, 3.8) is 0 Å². The van der Waals surface area contributed by atoms with Crippen LogP contribution in [0.4, 0.5) is 5.69 Å². The molecule has 1 saturated heterocycles. The van der Waals surface area contributed by atoms with Gasteiger partial charge in [-0.2, -0.15) is 0 Å². The lowest BCUT2D eigenvalue weighted by Gasteiger charge is -2.42. The summed E-state index contributed by atoms with van der Waals surface area (Å²) < 4.78 is 19.8. The molecule has 0 bridgehead atoms. The molecule has 0 saturated carbocycles. The maximum absolute atomic E-state index is 11.6. The van der Waals surface area contributed by atoms with E-state index < -0.39 is 27.8 Å². The van der Waals surface area contributed by atoms with Gasteiger partial charge in [-0.15, -0.1) is 0 Å². The second kappa shape index (κ2) is 8.28. The van der Waals surface area contributed by atoms with Crippen molar-refractivity contribution in [2.75, 3.05) is 6.61 Å². The molecule has 2 aromatic rings. The van der Waals surface area contributed by atoms with Crippen molar-refractivity contribution in [3.8, 4) is 5.75 Å². The maximum atomic E-state index is 11.6.